The predicted molar refractivity (Wildman–Crippen MR) is 80.9 cm³/mol. The molecule has 106 valence electrons. The van der Waals surface area contributed by atoms with E-state index in [-0.39, 0.29) is 6.10 Å². The van der Waals surface area contributed by atoms with E-state index in [1.165, 1.54) is 31.2 Å². The fourth-order valence-electron chi connectivity index (χ4n) is 3.05. The van der Waals surface area contributed by atoms with Gasteiger partial charge in [-0.05, 0) is 51.3 Å². The smallest absolute Gasteiger partial charge is 0.123 e. The fourth-order valence-corrected chi connectivity index (χ4v) is 3.05. The molecule has 0 saturated heterocycles. The highest BCUT2D eigenvalue weighted by Crippen LogP contribution is 2.39. The van der Waals surface area contributed by atoms with E-state index in [1.54, 1.807) is 0 Å². The number of hydrogen-bond donors (Lipinski definition) is 1. The van der Waals surface area contributed by atoms with Crippen molar-refractivity contribution in [3.8, 4) is 5.75 Å². The van der Waals surface area contributed by atoms with Crippen molar-refractivity contribution in [1.82, 2.24) is 5.32 Å². The first-order valence-electron chi connectivity index (χ1n) is 7.71. The lowest BCUT2D eigenvalue weighted by Crippen LogP contribution is -2.32. The highest BCUT2D eigenvalue weighted by Gasteiger charge is 2.30. The van der Waals surface area contributed by atoms with E-state index in [2.05, 4.69) is 50.4 Å². The van der Waals surface area contributed by atoms with Crippen LogP contribution in [0.15, 0.2) is 24.3 Å². The van der Waals surface area contributed by atoms with Gasteiger partial charge in [0.25, 0.3) is 0 Å². The van der Waals surface area contributed by atoms with Crippen molar-refractivity contribution in [2.75, 3.05) is 6.54 Å². The molecular formula is C17H27NO. The molecule has 2 heteroatoms. The Labute approximate surface area is 117 Å². The molecule has 0 bridgehead atoms. The van der Waals surface area contributed by atoms with E-state index in [1.807, 2.05) is 0 Å². The van der Waals surface area contributed by atoms with Gasteiger partial charge in [-0.1, -0.05) is 31.5 Å². The second-order valence-corrected chi connectivity index (χ2v) is 5.80. The van der Waals surface area contributed by atoms with Gasteiger partial charge in [-0.3, -0.25) is 0 Å². The van der Waals surface area contributed by atoms with Crippen LogP contribution in [0.4, 0.5) is 0 Å². The minimum Gasteiger partial charge on any atom is -0.491 e. The fraction of sp³-hybridized carbons (Fsp3) is 0.647. The van der Waals surface area contributed by atoms with E-state index in [4.69, 9.17) is 4.74 Å². The minimum absolute atomic E-state index is 0.240. The quantitative estimate of drug-likeness (QED) is 0.832. The van der Waals surface area contributed by atoms with Gasteiger partial charge in [0, 0.05) is 12.0 Å². The third-order valence-electron chi connectivity index (χ3n) is 3.85. The maximum Gasteiger partial charge on any atom is 0.123 e. The number of nitrogens with one attached hydrogen (secondary N) is 1. The molecular weight excluding hydrogens is 234 g/mol. The molecule has 1 fully saturated rings. The largest absolute Gasteiger partial charge is 0.491 e. The van der Waals surface area contributed by atoms with Crippen LogP contribution in [0, 0.1) is 0 Å². The second kappa shape index (κ2) is 6.95. The lowest BCUT2D eigenvalue weighted by molar-refractivity contribution is 0.237. The second-order valence-electron chi connectivity index (χ2n) is 5.80. The Morgan fingerprint density at radius 3 is 2.79 bits per heavy atom. The summed E-state index contributed by atoms with van der Waals surface area (Å²) in [6.45, 7) is 7.54. The molecule has 2 atom stereocenters. The topological polar surface area (TPSA) is 21.3 Å². The van der Waals surface area contributed by atoms with Gasteiger partial charge in [0.05, 0.1) is 6.10 Å². The third kappa shape index (κ3) is 3.73. The summed E-state index contributed by atoms with van der Waals surface area (Å²) in [4.78, 5) is 0. The first-order chi connectivity index (χ1) is 9.22. The normalized spacial score (nSPS) is 22.9. The van der Waals surface area contributed by atoms with Crippen molar-refractivity contribution in [2.45, 2.75) is 64.5 Å². The van der Waals surface area contributed by atoms with Gasteiger partial charge in [0.2, 0.25) is 0 Å². The zero-order chi connectivity index (χ0) is 13.7. The molecule has 0 spiro atoms. The number of hydrogen-bond acceptors (Lipinski definition) is 2. The van der Waals surface area contributed by atoms with Crippen LogP contribution in [0.1, 0.15) is 57.9 Å². The van der Waals surface area contributed by atoms with Crippen LogP contribution in [0.2, 0.25) is 0 Å². The molecule has 2 nitrogen and oxygen atoms in total. The summed E-state index contributed by atoms with van der Waals surface area (Å²) in [5.41, 5.74) is 1.39. The molecule has 1 aromatic rings. The Bertz CT molecular complexity index is 389. The summed E-state index contributed by atoms with van der Waals surface area (Å²) < 4.78 is 5.98. The molecule has 1 N–H and O–H groups in total. The number of rotatable bonds is 6. The van der Waals surface area contributed by atoms with Crippen LogP contribution >= 0.6 is 0 Å². The summed E-state index contributed by atoms with van der Waals surface area (Å²) in [5, 5.41) is 3.70. The average Bonchev–Trinajstić information content (AvgIpc) is 2.84. The van der Waals surface area contributed by atoms with Gasteiger partial charge in [0.15, 0.2) is 0 Å². The van der Waals surface area contributed by atoms with Gasteiger partial charge >= 0.3 is 0 Å². The monoisotopic (exact) mass is 261 g/mol. The maximum atomic E-state index is 5.98. The Kier molecular flexibility index (Phi) is 5.26. The van der Waals surface area contributed by atoms with Crippen LogP contribution in [0.5, 0.6) is 5.75 Å². The van der Waals surface area contributed by atoms with Crippen molar-refractivity contribution in [3.63, 3.8) is 0 Å². The summed E-state index contributed by atoms with van der Waals surface area (Å²) in [6, 6.07) is 9.19. The number of ether oxygens (including phenoxy) is 1. The van der Waals surface area contributed by atoms with Crippen LogP contribution in [0.3, 0.4) is 0 Å². The van der Waals surface area contributed by atoms with E-state index in [0.717, 1.165) is 12.3 Å². The van der Waals surface area contributed by atoms with E-state index < -0.39 is 0 Å². The standard InChI is InChI=1S/C17H27NO/c1-4-12-18-16-10-7-9-14(16)15-8-5-6-11-17(15)19-13(2)3/h5-6,8,11,13-14,16,18H,4,7,9-10,12H2,1-3H3. The van der Waals surface area contributed by atoms with Crippen LogP contribution in [0.25, 0.3) is 0 Å². The highest BCUT2D eigenvalue weighted by atomic mass is 16.5. The Morgan fingerprint density at radius 1 is 1.26 bits per heavy atom. The van der Waals surface area contributed by atoms with Crippen molar-refractivity contribution >= 4 is 0 Å². The highest BCUT2D eigenvalue weighted by molar-refractivity contribution is 5.38. The molecule has 2 rings (SSSR count). The molecule has 1 aliphatic carbocycles. The predicted octanol–water partition coefficient (Wildman–Crippen LogP) is 4.11. The molecule has 1 saturated carbocycles. The SMILES string of the molecule is CCCNC1CCCC1c1ccccc1OC(C)C. The summed E-state index contributed by atoms with van der Waals surface area (Å²) in [7, 11) is 0. The molecule has 0 amide bonds. The van der Waals surface area contributed by atoms with Gasteiger partial charge in [-0.25, -0.2) is 0 Å². The zero-order valence-electron chi connectivity index (χ0n) is 12.5. The molecule has 0 heterocycles. The zero-order valence-corrected chi connectivity index (χ0v) is 12.5. The van der Waals surface area contributed by atoms with Crippen molar-refractivity contribution in [3.05, 3.63) is 29.8 Å². The minimum atomic E-state index is 0.240. The number of para-hydroxylation sites is 1. The lowest BCUT2D eigenvalue weighted by Gasteiger charge is -2.24. The van der Waals surface area contributed by atoms with Gasteiger partial charge in [-0.2, -0.15) is 0 Å². The Morgan fingerprint density at radius 2 is 2.05 bits per heavy atom. The first kappa shape index (κ1) is 14.4. The molecule has 1 aromatic carbocycles. The van der Waals surface area contributed by atoms with E-state index >= 15 is 0 Å². The molecule has 0 aromatic heterocycles. The third-order valence-corrected chi connectivity index (χ3v) is 3.85. The van der Waals surface area contributed by atoms with Crippen LogP contribution in [-0.2, 0) is 0 Å². The lowest BCUT2D eigenvalue weighted by atomic mass is 9.93. The number of benzene rings is 1. The van der Waals surface area contributed by atoms with E-state index in [9.17, 15) is 0 Å². The van der Waals surface area contributed by atoms with Gasteiger partial charge < -0.3 is 10.1 Å². The van der Waals surface area contributed by atoms with Gasteiger partial charge in [0.1, 0.15) is 5.75 Å². The molecule has 0 radical (unpaired) electrons. The van der Waals surface area contributed by atoms with Crippen LogP contribution < -0.4 is 10.1 Å². The summed E-state index contributed by atoms with van der Waals surface area (Å²) >= 11 is 0. The Hall–Kier alpha value is -1.02. The molecule has 1 aliphatic rings. The summed E-state index contributed by atoms with van der Waals surface area (Å²) in [6.07, 6.45) is 5.33. The van der Waals surface area contributed by atoms with Crippen molar-refractivity contribution in [1.29, 1.82) is 0 Å². The summed E-state index contributed by atoms with van der Waals surface area (Å²) in [5.74, 6) is 1.69. The van der Waals surface area contributed by atoms with E-state index in [0.29, 0.717) is 12.0 Å². The van der Waals surface area contributed by atoms with Gasteiger partial charge in [-0.15, -0.1) is 0 Å². The molecule has 2 unspecified atom stereocenters. The first-order valence-corrected chi connectivity index (χ1v) is 7.71. The van der Waals surface area contributed by atoms with Crippen molar-refractivity contribution < 1.29 is 4.74 Å². The van der Waals surface area contributed by atoms with Crippen molar-refractivity contribution in [2.24, 2.45) is 0 Å². The maximum absolute atomic E-state index is 5.98. The molecule has 19 heavy (non-hydrogen) atoms. The molecule has 0 aliphatic heterocycles. The Balaban J connectivity index is 2.15. The van der Waals surface area contributed by atoms with Crippen LogP contribution in [-0.4, -0.2) is 18.7 Å². The average molecular weight is 261 g/mol.